The van der Waals surface area contributed by atoms with E-state index < -0.39 is 6.04 Å². The van der Waals surface area contributed by atoms with E-state index in [1.54, 1.807) is 24.3 Å². The molecule has 3 aromatic carbocycles. The van der Waals surface area contributed by atoms with E-state index in [0.717, 1.165) is 33.5 Å². The molecule has 0 saturated heterocycles. The number of halogens is 4. The highest BCUT2D eigenvalue weighted by atomic mass is 35.5. The van der Waals surface area contributed by atoms with Gasteiger partial charge in [-0.15, -0.1) is 0 Å². The Hall–Kier alpha value is -2.50. The predicted molar refractivity (Wildman–Crippen MR) is 149 cm³/mol. The van der Waals surface area contributed by atoms with Gasteiger partial charge in [0.05, 0.1) is 27.8 Å². The molecule has 6 rings (SSSR count). The molecule has 1 atom stereocenters. The minimum absolute atomic E-state index is 0.0765. The standard InChI is InChI=1S/C28H21Cl4N3O/c1-28(2)12-22-24(23(36)13-28)25(16-8-6-14(29)10-18(16)31)33-20-4-3-5-21-26(20)35(22)27(34-21)17-9-7-15(30)11-19(17)32/h3-11,25,33H,12-13H2,1-2H3. The summed E-state index contributed by atoms with van der Waals surface area (Å²) < 4.78 is 2.10. The largest absolute Gasteiger partial charge is 0.372 e. The zero-order valence-electron chi connectivity index (χ0n) is 19.5. The number of hydrogen-bond acceptors (Lipinski definition) is 3. The molecule has 36 heavy (non-hydrogen) atoms. The second-order valence-corrected chi connectivity index (χ2v) is 11.8. The van der Waals surface area contributed by atoms with Gasteiger partial charge in [-0.05, 0) is 59.9 Å². The van der Waals surface area contributed by atoms with Crippen molar-refractivity contribution >= 4 is 74.6 Å². The number of carbonyl (C=O) groups excluding carboxylic acids is 1. The highest BCUT2D eigenvalue weighted by Crippen LogP contribution is 2.50. The summed E-state index contributed by atoms with van der Waals surface area (Å²) in [5, 5.41) is 5.71. The van der Waals surface area contributed by atoms with Gasteiger partial charge in [0.15, 0.2) is 5.78 Å². The first-order valence-corrected chi connectivity index (χ1v) is 13.1. The summed E-state index contributed by atoms with van der Waals surface area (Å²) in [5.41, 5.74) is 5.43. The van der Waals surface area contributed by atoms with Gasteiger partial charge in [0.1, 0.15) is 5.82 Å². The van der Waals surface area contributed by atoms with Crippen LogP contribution in [0.1, 0.15) is 38.3 Å². The molecule has 1 unspecified atom stereocenters. The number of hydrogen-bond donors (Lipinski definition) is 1. The smallest absolute Gasteiger partial charge is 0.163 e. The fourth-order valence-corrected chi connectivity index (χ4v) is 6.39. The number of rotatable bonds is 2. The number of nitrogens with one attached hydrogen (secondary N) is 1. The fraction of sp³-hybridized carbons (Fsp3) is 0.214. The summed E-state index contributed by atoms with van der Waals surface area (Å²) in [7, 11) is 0. The number of Topliss-reactive ketones (excluding diaryl/α,β-unsaturated/α-hetero) is 1. The van der Waals surface area contributed by atoms with Crippen molar-refractivity contribution in [1.29, 1.82) is 0 Å². The lowest BCUT2D eigenvalue weighted by Crippen LogP contribution is -2.31. The number of allylic oxidation sites excluding steroid dienone is 1. The Labute approximate surface area is 228 Å². The van der Waals surface area contributed by atoms with Crippen LogP contribution in [-0.2, 0) is 4.79 Å². The van der Waals surface area contributed by atoms with Gasteiger partial charge in [0.2, 0.25) is 0 Å². The number of carbonyl (C=O) groups is 1. The molecule has 182 valence electrons. The van der Waals surface area contributed by atoms with E-state index in [-0.39, 0.29) is 11.2 Å². The van der Waals surface area contributed by atoms with Crippen LogP contribution in [0, 0.1) is 5.41 Å². The molecule has 1 aliphatic carbocycles. The van der Waals surface area contributed by atoms with E-state index in [4.69, 9.17) is 51.4 Å². The maximum Gasteiger partial charge on any atom is 0.163 e. The van der Waals surface area contributed by atoms with Crippen LogP contribution in [0.5, 0.6) is 0 Å². The van der Waals surface area contributed by atoms with Gasteiger partial charge >= 0.3 is 0 Å². The SMILES string of the molecule is CC1(C)CC(=O)C2=C(C1)n1c(-c3ccc(Cl)cc3Cl)nc3cccc(c31)NC2c1ccc(Cl)cc1Cl. The van der Waals surface area contributed by atoms with E-state index in [9.17, 15) is 4.79 Å². The minimum Gasteiger partial charge on any atom is -0.372 e. The van der Waals surface area contributed by atoms with E-state index in [1.165, 1.54) is 0 Å². The normalized spacial score (nSPS) is 18.7. The van der Waals surface area contributed by atoms with Gasteiger partial charge < -0.3 is 5.32 Å². The molecule has 0 spiro atoms. The number of imidazole rings is 1. The fourth-order valence-electron chi connectivity index (χ4n) is 5.38. The zero-order valence-corrected chi connectivity index (χ0v) is 22.5. The molecule has 2 heterocycles. The molecule has 8 heteroatoms. The third-order valence-corrected chi connectivity index (χ3v) is 7.99. The first-order chi connectivity index (χ1) is 17.1. The molecular formula is C28H21Cl4N3O. The number of fused-ring (bicyclic) bond motifs is 1. The molecule has 0 saturated carbocycles. The van der Waals surface area contributed by atoms with Gasteiger partial charge in [-0.25, -0.2) is 4.98 Å². The van der Waals surface area contributed by atoms with E-state index in [1.807, 2.05) is 30.3 Å². The van der Waals surface area contributed by atoms with Crippen molar-refractivity contribution in [2.45, 2.75) is 32.7 Å². The molecule has 1 N–H and O–H groups in total. The molecule has 4 nitrogen and oxygen atoms in total. The average Bonchev–Trinajstić information content (AvgIpc) is 3.10. The lowest BCUT2D eigenvalue weighted by atomic mass is 9.73. The summed E-state index contributed by atoms with van der Waals surface area (Å²) in [6, 6.07) is 16.2. The van der Waals surface area contributed by atoms with E-state index >= 15 is 0 Å². The Kier molecular flexibility index (Phi) is 5.65. The summed E-state index contributed by atoms with van der Waals surface area (Å²) in [5.74, 6) is 0.745. The summed E-state index contributed by atoms with van der Waals surface area (Å²) >= 11 is 25.8. The first kappa shape index (κ1) is 23.9. The Bertz CT molecular complexity index is 1620. The highest BCUT2D eigenvalue weighted by molar-refractivity contribution is 6.36. The van der Waals surface area contributed by atoms with Gasteiger partial charge in [-0.2, -0.15) is 0 Å². The van der Waals surface area contributed by atoms with Crippen molar-refractivity contribution in [3.8, 4) is 11.4 Å². The molecular weight excluding hydrogens is 536 g/mol. The number of nitrogens with zero attached hydrogens (tertiary/aromatic N) is 2. The molecule has 0 bridgehead atoms. The Morgan fingerprint density at radius 3 is 2.39 bits per heavy atom. The van der Waals surface area contributed by atoms with Crippen LogP contribution in [0.2, 0.25) is 20.1 Å². The van der Waals surface area contributed by atoms with Crippen LogP contribution in [0.25, 0.3) is 28.1 Å². The lowest BCUT2D eigenvalue weighted by molar-refractivity contribution is -0.118. The van der Waals surface area contributed by atoms with Crippen molar-refractivity contribution < 1.29 is 4.79 Å². The molecule has 4 aromatic rings. The molecule has 0 radical (unpaired) electrons. The molecule has 0 fully saturated rings. The number of anilines is 1. The minimum atomic E-state index is -0.451. The van der Waals surface area contributed by atoms with E-state index in [0.29, 0.717) is 44.3 Å². The molecule has 1 aliphatic heterocycles. The Morgan fingerprint density at radius 2 is 1.67 bits per heavy atom. The van der Waals surface area contributed by atoms with Gasteiger partial charge in [-0.3, -0.25) is 9.36 Å². The maximum absolute atomic E-state index is 13.9. The predicted octanol–water partition coefficient (Wildman–Crippen LogP) is 9.08. The second kappa shape index (κ2) is 8.53. The zero-order chi connectivity index (χ0) is 25.4. The van der Waals surface area contributed by atoms with Crippen LogP contribution in [0.15, 0.2) is 60.2 Å². The number of aromatic nitrogens is 2. The highest BCUT2D eigenvalue weighted by Gasteiger charge is 2.41. The summed E-state index contributed by atoms with van der Waals surface area (Å²) in [6.45, 7) is 4.23. The summed E-state index contributed by atoms with van der Waals surface area (Å²) in [4.78, 5) is 18.9. The van der Waals surface area contributed by atoms with Crippen molar-refractivity contribution in [3.63, 3.8) is 0 Å². The maximum atomic E-state index is 13.9. The number of ketones is 1. The van der Waals surface area contributed by atoms with Gasteiger partial charge in [0, 0.05) is 38.3 Å². The summed E-state index contributed by atoms with van der Waals surface area (Å²) in [6.07, 6.45) is 1.11. The van der Waals surface area contributed by atoms with Crippen LogP contribution >= 0.6 is 46.4 Å². The third-order valence-electron chi connectivity index (χ3n) is 6.88. The Morgan fingerprint density at radius 1 is 0.944 bits per heavy atom. The number of benzene rings is 3. The monoisotopic (exact) mass is 555 g/mol. The van der Waals surface area contributed by atoms with Gasteiger partial charge in [0.25, 0.3) is 0 Å². The first-order valence-electron chi connectivity index (χ1n) is 11.6. The number of para-hydroxylation sites is 1. The van der Waals surface area contributed by atoms with Crippen LogP contribution in [0.3, 0.4) is 0 Å². The molecule has 1 aromatic heterocycles. The lowest BCUT2D eigenvalue weighted by Gasteiger charge is -2.35. The van der Waals surface area contributed by atoms with Crippen molar-refractivity contribution in [3.05, 3.63) is 85.8 Å². The van der Waals surface area contributed by atoms with Crippen molar-refractivity contribution in [1.82, 2.24) is 9.55 Å². The van der Waals surface area contributed by atoms with Crippen molar-refractivity contribution in [2.24, 2.45) is 5.41 Å². The molecule has 0 amide bonds. The van der Waals surface area contributed by atoms with Crippen LogP contribution in [-0.4, -0.2) is 15.3 Å². The Balaban J connectivity index is 1.72. The second-order valence-electron chi connectivity index (χ2n) is 10.1. The quantitative estimate of drug-likeness (QED) is 0.268. The average molecular weight is 557 g/mol. The van der Waals surface area contributed by atoms with E-state index in [2.05, 4.69) is 23.7 Å². The van der Waals surface area contributed by atoms with Crippen LogP contribution < -0.4 is 5.32 Å². The third kappa shape index (κ3) is 3.83. The molecule has 2 aliphatic rings. The van der Waals surface area contributed by atoms with Gasteiger partial charge in [-0.1, -0.05) is 72.4 Å². The topological polar surface area (TPSA) is 46.9 Å². The van der Waals surface area contributed by atoms with Crippen molar-refractivity contribution in [2.75, 3.05) is 5.32 Å². The van der Waals surface area contributed by atoms with Crippen LogP contribution in [0.4, 0.5) is 5.69 Å².